The maximum absolute atomic E-state index is 5.69. The number of benzene rings is 1. The highest BCUT2D eigenvalue weighted by Crippen LogP contribution is 2.38. The second-order valence-electron chi connectivity index (χ2n) is 3.93. The first kappa shape index (κ1) is 10.2. The third kappa shape index (κ3) is 1.55. The van der Waals surface area contributed by atoms with E-state index in [-0.39, 0.29) is 0 Å². The molecule has 0 aromatic heterocycles. The molecule has 16 heavy (non-hydrogen) atoms. The van der Waals surface area contributed by atoms with Crippen LogP contribution in [0.15, 0.2) is 30.3 Å². The van der Waals surface area contributed by atoms with Crippen molar-refractivity contribution in [3.8, 4) is 0 Å². The monoisotopic (exact) mass is 219 g/mol. The van der Waals surface area contributed by atoms with E-state index in [2.05, 4.69) is 16.8 Å². The maximum atomic E-state index is 5.69. The molecule has 0 unspecified atom stereocenters. The van der Waals surface area contributed by atoms with Crippen molar-refractivity contribution in [3.63, 3.8) is 0 Å². The second kappa shape index (κ2) is 4.14. The number of hydrogen-bond donors (Lipinski definition) is 1. The summed E-state index contributed by atoms with van der Waals surface area (Å²) in [5.41, 5.74) is 1.06. The van der Waals surface area contributed by atoms with Gasteiger partial charge in [-0.25, -0.2) is 4.90 Å². The summed E-state index contributed by atoms with van der Waals surface area (Å²) < 4.78 is 11.4. The molecule has 0 bridgehead atoms. The SMILES string of the molecule is [CH]1CNCCN1C1(c2ccccc2)OCO1. The summed E-state index contributed by atoms with van der Waals surface area (Å²) in [6.07, 6.45) is 0. The van der Waals surface area contributed by atoms with Crippen molar-refractivity contribution in [2.45, 2.75) is 5.91 Å². The lowest BCUT2D eigenvalue weighted by atomic mass is 10.1. The highest BCUT2D eigenvalue weighted by Gasteiger charge is 2.48. The number of hydrogen-bond acceptors (Lipinski definition) is 4. The molecular weight excluding hydrogens is 204 g/mol. The van der Waals surface area contributed by atoms with Crippen molar-refractivity contribution in [1.29, 1.82) is 0 Å². The number of nitrogens with one attached hydrogen (secondary N) is 1. The summed E-state index contributed by atoms with van der Waals surface area (Å²) in [4.78, 5) is 2.13. The largest absolute Gasteiger partial charge is 0.314 e. The van der Waals surface area contributed by atoms with Crippen LogP contribution in [-0.4, -0.2) is 31.3 Å². The molecule has 2 aliphatic heterocycles. The van der Waals surface area contributed by atoms with Crippen LogP contribution in [0.3, 0.4) is 0 Å². The van der Waals surface area contributed by atoms with Crippen LogP contribution in [0, 0.1) is 6.54 Å². The lowest BCUT2D eigenvalue weighted by Gasteiger charge is -2.49. The quantitative estimate of drug-likeness (QED) is 0.800. The third-order valence-electron chi connectivity index (χ3n) is 3.01. The Labute approximate surface area is 95.1 Å². The molecule has 85 valence electrons. The summed E-state index contributed by atoms with van der Waals surface area (Å²) in [5, 5.41) is 3.28. The van der Waals surface area contributed by atoms with Crippen molar-refractivity contribution < 1.29 is 9.47 Å². The molecule has 0 saturated carbocycles. The Kier molecular flexibility index (Phi) is 2.65. The van der Waals surface area contributed by atoms with E-state index in [9.17, 15) is 0 Å². The fourth-order valence-corrected chi connectivity index (χ4v) is 2.15. The Morgan fingerprint density at radius 3 is 2.56 bits per heavy atom. The van der Waals surface area contributed by atoms with Gasteiger partial charge in [-0.2, -0.15) is 0 Å². The normalized spacial score (nSPS) is 25.0. The van der Waals surface area contributed by atoms with Gasteiger partial charge in [-0.05, 0) is 0 Å². The first-order valence-corrected chi connectivity index (χ1v) is 5.56. The van der Waals surface area contributed by atoms with Gasteiger partial charge in [0.2, 0.25) is 0 Å². The van der Waals surface area contributed by atoms with Gasteiger partial charge < -0.3 is 14.8 Å². The van der Waals surface area contributed by atoms with Gasteiger partial charge in [-0.3, -0.25) is 0 Å². The maximum Gasteiger partial charge on any atom is 0.262 e. The zero-order valence-electron chi connectivity index (χ0n) is 9.06. The first-order valence-electron chi connectivity index (χ1n) is 5.56. The van der Waals surface area contributed by atoms with E-state index < -0.39 is 5.91 Å². The van der Waals surface area contributed by atoms with Gasteiger partial charge >= 0.3 is 0 Å². The minimum atomic E-state index is -0.677. The van der Waals surface area contributed by atoms with Gasteiger partial charge in [0.1, 0.15) is 0 Å². The molecule has 1 N–H and O–H groups in total. The molecule has 2 saturated heterocycles. The van der Waals surface area contributed by atoms with Crippen molar-refractivity contribution in [1.82, 2.24) is 10.2 Å². The van der Waals surface area contributed by atoms with Crippen LogP contribution in [0.5, 0.6) is 0 Å². The smallest absolute Gasteiger partial charge is 0.262 e. The number of nitrogens with zero attached hydrogens (tertiary/aromatic N) is 1. The molecule has 0 spiro atoms. The van der Waals surface area contributed by atoms with E-state index in [1.165, 1.54) is 0 Å². The van der Waals surface area contributed by atoms with Crippen LogP contribution < -0.4 is 5.32 Å². The lowest BCUT2D eigenvalue weighted by Crippen LogP contribution is -2.60. The highest BCUT2D eigenvalue weighted by atomic mass is 16.9. The van der Waals surface area contributed by atoms with Crippen LogP contribution in [-0.2, 0) is 15.4 Å². The van der Waals surface area contributed by atoms with E-state index in [0.717, 1.165) is 25.2 Å². The summed E-state index contributed by atoms with van der Waals surface area (Å²) >= 11 is 0. The Balaban J connectivity index is 1.87. The van der Waals surface area contributed by atoms with E-state index >= 15 is 0 Å². The van der Waals surface area contributed by atoms with Gasteiger partial charge in [0.25, 0.3) is 5.91 Å². The molecule has 4 nitrogen and oxygen atoms in total. The predicted molar refractivity (Wildman–Crippen MR) is 59.0 cm³/mol. The highest BCUT2D eigenvalue weighted by molar-refractivity contribution is 5.21. The van der Waals surface area contributed by atoms with E-state index in [0.29, 0.717) is 6.79 Å². The molecule has 2 fully saturated rings. The summed E-state index contributed by atoms with van der Waals surface area (Å²) in [5.74, 6) is -0.677. The molecule has 0 amide bonds. The molecule has 1 aromatic carbocycles. The number of ether oxygens (including phenoxy) is 2. The zero-order chi connectivity index (χ0) is 10.8. The van der Waals surface area contributed by atoms with E-state index in [1.807, 2.05) is 30.3 Å². The van der Waals surface area contributed by atoms with Crippen molar-refractivity contribution >= 4 is 0 Å². The van der Waals surface area contributed by atoms with Crippen molar-refractivity contribution in [2.24, 2.45) is 0 Å². The van der Waals surface area contributed by atoms with Gasteiger partial charge in [-0.1, -0.05) is 30.3 Å². The van der Waals surface area contributed by atoms with Gasteiger partial charge in [-0.15, -0.1) is 0 Å². The Hall–Kier alpha value is -0.940. The van der Waals surface area contributed by atoms with Crippen LogP contribution in [0.4, 0.5) is 0 Å². The van der Waals surface area contributed by atoms with Crippen molar-refractivity contribution in [2.75, 3.05) is 26.4 Å². The van der Waals surface area contributed by atoms with E-state index in [1.54, 1.807) is 0 Å². The average Bonchev–Trinajstić information content (AvgIpc) is 2.31. The van der Waals surface area contributed by atoms with Crippen LogP contribution in [0.25, 0.3) is 0 Å². The number of rotatable bonds is 2. The minimum Gasteiger partial charge on any atom is -0.314 e. The molecule has 1 radical (unpaired) electrons. The lowest BCUT2D eigenvalue weighted by molar-refractivity contribution is -0.463. The van der Waals surface area contributed by atoms with Gasteiger partial charge in [0, 0.05) is 31.7 Å². The van der Waals surface area contributed by atoms with E-state index in [4.69, 9.17) is 9.47 Å². The third-order valence-corrected chi connectivity index (χ3v) is 3.01. The molecule has 2 heterocycles. The molecule has 3 rings (SSSR count). The second-order valence-corrected chi connectivity index (χ2v) is 3.93. The van der Waals surface area contributed by atoms with Gasteiger partial charge in [0.05, 0.1) is 0 Å². The summed E-state index contributed by atoms with van der Waals surface area (Å²) in [7, 11) is 0. The van der Waals surface area contributed by atoms with Crippen LogP contribution in [0.1, 0.15) is 5.56 Å². The fraction of sp³-hybridized carbons (Fsp3) is 0.417. The van der Waals surface area contributed by atoms with Crippen LogP contribution in [0.2, 0.25) is 0 Å². The van der Waals surface area contributed by atoms with Crippen LogP contribution >= 0.6 is 0 Å². The minimum absolute atomic E-state index is 0.368. The molecule has 1 aromatic rings. The average molecular weight is 219 g/mol. The molecule has 0 atom stereocenters. The molecule has 4 heteroatoms. The van der Waals surface area contributed by atoms with Gasteiger partial charge in [0.15, 0.2) is 6.79 Å². The fourth-order valence-electron chi connectivity index (χ4n) is 2.15. The van der Waals surface area contributed by atoms with Crippen molar-refractivity contribution in [3.05, 3.63) is 42.4 Å². The summed E-state index contributed by atoms with van der Waals surface area (Å²) in [6.45, 7) is 5.18. The molecular formula is C12H15N2O2. The topological polar surface area (TPSA) is 33.7 Å². The Morgan fingerprint density at radius 2 is 2.00 bits per heavy atom. The molecule has 0 aliphatic carbocycles. The standard InChI is InChI=1S/C12H15N2O2/c1-2-4-11(5-3-1)12(15-10-16-12)14-8-6-13-7-9-14/h1-5,8,13H,6-7,9-10H2. The predicted octanol–water partition coefficient (Wildman–Crippen LogP) is 0.868. The number of piperazine rings is 1. The Morgan fingerprint density at radius 1 is 1.19 bits per heavy atom. The molecule has 2 aliphatic rings. The zero-order valence-corrected chi connectivity index (χ0v) is 9.06. The summed E-state index contributed by atoms with van der Waals surface area (Å²) in [6, 6.07) is 10.1. The Bertz CT molecular complexity index is 345. The first-order chi connectivity index (χ1) is 7.92.